The molecule has 0 fully saturated rings. The van der Waals surface area contributed by atoms with Gasteiger partial charge >= 0.3 is 0 Å². The van der Waals surface area contributed by atoms with Crippen molar-refractivity contribution in [2.24, 2.45) is 0 Å². The highest BCUT2D eigenvalue weighted by Crippen LogP contribution is 2.24. The van der Waals surface area contributed by atoms with Gasteiger partial charge in [-0.05, 0) is 56.2 Å². The van der Waals surface area contributed by atoms with Gasteiger partial charge in [0.1, 0.15) is 11.6 Å². The second-order valence-electron chi connectivity index (χ2n) is 4.96. The number of ether oxygens (including phenoxy) is 1. The van der Waals surface area contributed by atoms with Crippen LogP contribution in [0.5, 0.6) is 5.75 Å². The fraction of sp³-hybridized carbons (Fsp3) is 0.235. The summed E-state index contributed by atoms with van der Waals surface area (Å²) < 4.78 is 18.9. The molecule has 2 nitrogen and oxygen atoms in total. The molecule has 0 N–H and O–H groups in total. The third-order valence-corrected chi connectivity index (χ3v) is 3.30. The van der Waals surface area contributed by atoms with Crippen molar-refractivity contribution >= 4 is 5.78 Å². The van der Waals surface area contributed by atoms with Crippen molar-refractivity contribution in [2.75, 3.05) is 7.11 Å². The van der Waals surface area contributed by atoms with Crippen LogP contribution < -0.4 is 4.74 Å². The topological polar surface area (TPSA) is 26.3 Å². The standard InChI is InChI=1S/C17H17FO2/c1-10-5-6-15(20-4)14(7-10)17(19)13-8-11(2)16(18)12(3)9-13/h5-9H,1-4H3. The Kier molecular flexibility index (Phi) is 3.89. The van der Waals surface area contributed by atoms with E-state index in [1.807, 2.05) is 13.0 Å². The zero-order chi connectivity index (χ0) is 14.9. The van der Waals surface area contributed by atoms with Crippen LogP contribution in [0.2, 0.25) is 0 Å². The first-order valence-corrected chi connectivity index (χ1v) is 6.40. The van der Waals surface area contributed by atoms with Crippen LogP contribution in [-0.2, 0) is 0 Å². The Morgan fingerprint density at radius 2 is 1.65 bits per heavy atom. The molecule has 0 radical (unpaired) electrons. The van der Waals surface area contributed by atoms with Crippen molar-refractivity contribution in [3.63, 3.8) is 0 Å². The molecule has 2 aromatic rings. The second-order valence-corrected chi connectivity index (χ2v) is 4.96. The molecule has 0 spiro atoms. The Balaban J connectivity index is 2.54. The molecule has 0 atom stereocenters. The van der Waals surface area contributed by atoms with E-state index in [0.29, 0.717) is 28.0 Å². The van der Waals surface area contributed by atoms with Gasteiger partial charge in [0, 0.05) is 5.56 Å². The molecule has 3 heteroatoms. The highest BCUT2D eigenvalue weighted by atomic mass is 19.1. The van der Waals surface area contributed by atoms with Gasteiger partial charge in [0.05, 0.1) is 12.7 Å². The van der Waals surface area contributed by atoms with Crippen molar-refractivity contribution in [3.8, 4) is 5.75 Å². The maximum absolute atomic E-state index is 13.7. The van der Waals surface area contributed by atoms with E-state index in [1.165, 1.54) is 7.11 Å². The molecule has 0 aliphatic rings. The number of carbonyl (C=O) groups is 1. The Labute approximate surface area is 118 Å². The summed E-state index contributed by atoms with van der Waals surface area (Å²) >= 11 is 0. The fourth-order valence-corrected chi connectivity index (χ4v) is 2.23. The molecule has 0 heterocycles. The van der Waals surface area contributed by atoms with Crippen LogP contribution in [0.25, 0.3) is 0 Å². The molecule has 20 heavy (non-hydrogen) atoms. The van der Waals surface area contributed by atoms with Crippen LogP contribution in [0, 0.1) is 26.6 Å². The normalized spacial score (nSPS) is 10.4. The summed E-state index contributed by atoms with van der Waals surface area (Å²) in [4.78, 5) is 12.6. The molecule has 2 rings (SSSR count). The van der Waals surface area contributed by atoms with Gasteiger partial charge in [-0.3, -0.25) is 4.79 Å². The van der Waals surface area contributed by atoms with Crippen LogP contribution in [-0.4, -0.2) is 12.9 Å². The van der Waals surface area contributed by atoms with E-state index in [2.05, 4.69) is 0 Å². The molecule has 0 bridgehead atoms. The summed E-state index contributed by atoms with van der Waals surface area (Å²) in [7, 11) is 1.53. The van der Waals surface area contributed by atoms with Crippen LogP contribution in [0.15, 0.2) is 30.3 Å². The molecular formula is C17H17FO2. The predicted molar refractivity (Wildman–Crippen MR) is 77.0 cm³/mol. The number of ketones is 1. The summed E-state index contributed by atoms with van der Waals surface area (Å²) in [6.07, 6.45) is 0. The van der Waals surface area contributed by atoms with Gasteiger partial charge in [-0.2, -0.15) is 0 Å². The highest BCUT2D eigenvalue weighted by Gasteiger charge is 2.16. The Morgan fingerprint density at radius 3 is 2.20 bits per heavy atom. The van der Waals surface area contributed by atoms with Crippen LogP contribution in [0.1, 0.15) is 32.6 Å². The van der Waals surface area contributed by atoms with E-state index < -0.39 is 0 Å². The van der Waals surface area contributed by atoms with Crippen molar-refractivity contribution in [1.29, 1.82) is 0 Å². The third-order valence-electron chi connectivity index (χ3n) is 3.30. The first-order chi connectivity index (χ1) is 9.43. The largest absolute Gasteiger partial charge is 0.496 e. The summed E-state index contributed by atoms with van der Waals surface area (Å²) in [5.74, 6) is 0.106. The Bertz CT molecular complexity index is 652. The lowest BCUT2D eigenvalue weighted by Gasteiger charge is -2.10. The molecule has 0 unspecified atom stereocenters. The lowest BCUT2D eigenvalue weighted by Crippen LogP contribution is -2.06. The zero-order valence-electron chi connectivity index (χ0n) is 12.1. The minimum Gasteiger partial charge on any atom is -0.496 e. The van der Waals surface area contributed by atoms with Crippen molar-refractivity contribution < 1.29 is 13.9 Å². The first-order valence-electron chi connectivity index (χ1n) is 6.40. The number of carbonyl (C=O) groups excluding carboxylic acids is 1. The van der Waals surface area contributed by atoms with Gasteiger partial charge in [0.25, 0.3) is 0 Å². The summed E-state index contributed by atoms with van der Waals surface area (Å²) in [5, 5.41) is 0. The lowest BCUT2D eigenvalue weighted by atomic mass is 9.97. The number of halogens is 1. The second kappa shape index (κ2) is 5.45. The SMILES string of the molecule is COc1ccc(C)cc1C(=O)c1cc(C)c(F)c(C)c1. The average Bonchev–Trinajstić information content (AvgIpc) is 2.43. The number of methoxy groups -OCH3 is 1. The van der Waals surface area contributed by atoms with Crippen molar-refractivity contribution in [1.82, 2.24) is 0 Å². The molecule has 0 aliphatic carbocycles. The van der Waals surface area contributed by atoms with E-state index in [9.17, 15) is 9.18 Å². The van der Waals surface area contributed by atoms with Gasteiger partial charge in [0.2, 0.25) is 0 Å². The highest BCUT2D eigenvalue weighted by molar-refractivity contribution is 6.11. The molecule has 104 valence electrons. The Hall–Kier alpha value is -2.16. The van der Waals surface area contributed by atoms with Gasteiger partial charge in [-0.25, -0.2) is 4.39 Å². The lowest BCUT2D eigenvalue weighted by molar-refractivity contribution is 0.103. The fourth-order valence-electron chi connectivity index (χ4n) is 2.23. The molecule has 0 aliphatic heterocycles. The number of benzene rings is 2. The van der Waals surface area contributed by atoms with Crippen LogP contribution >= 0.6 is 0 Å². The number of rotatable bonds is 3. The predicted octanol–water partition coefficient (Wildman–Crippen LogP) is 3.99. The van der Waals surface area contributed by atoms with Gasteiger partial charge in [-0.15, -0.1) is 0 Å². The van der Waals surface area contributed by atoms with E-state index in [0.717, 1.165) is 5.56 Å². The van der Waals surface area contributed by atoms with Gasteiger partial charge in [-0.1, -0.05) is 11.6 Å². The quantitative estimate of drug-likeness (QED) is 0.790. The van der Waals surface area contributed by atoms with E-state index in [4.69, 9.17) is 4.74 Å². The van der Waals surface area contributed by atoms with Crippen LogP contribution in [0.4, 0.5) is 4.39 Å². The van der Waals surface area contributed by atoms with Crippen LogP contribution in [0.3, 0.4) is 0 Å². The molecular weight excluding hydrogens is 255 g/mol. The number of hydrogen-bond donors (Lipinski definition) is 0. The first kappa shape index (κ1) is 14.3. The molecule has 0 amide bonds. The molecule has 0 saturated heterocycles. The summed E-state index contributed by atoms with van der Waals surface area (Å²) in [6.45, 7) is 5.23. The smallest absolute Gasteiger partial charge is 0.196 e. The van der Waals surface area contributed by atoms with Crippen molar-refractivity contribution in [2.45, 2.75) is 20.8 Å². The van der Waals surface area contributed by atoms with E-state index in [-0.39, 0.29) is 11.6 Å². The molecule has 0 saturated carbocycles. The van der Waals surface area contributed by atoms with Gasteiger partial charge < -0.3 is 4.74 Å². The summed E-state index contributed by atoms with van der Waals surface area (Å²) in [5.41, 5.74) is 2.90. The maximum Gasteiger partial charge on any atom is 0.196 e. The number of aryl methyl sites for hydroxylation is 3. The minimum absolute atomic E-state index is 0.156. The Morgan fingerprint density at radius 1 is 1.05 bits per heavy atom. The molecule has 0 aromatic heterocycles. The monoisotopic (exact) mass is 272 g/mol. The van der Waals surface area contributed by atoms with E-state index in [1.54, 1.807) is 38.1 Å². The van der Waals surface area contributed by atoms with E-state index >= 15 is 0 Å². The number of hydrogen-bond acceptors (Lipinski definition) is 2. The average molecular weight is 272 g/mol. The zero-order valence-corrected chi connectivity index (χ0v) is 12.1. The molecule has 2 aromatic carbocycles. The van der Waals surface area contributed by atoms with Gasteiger partial charge in [0.15, 0.2) is 5.78 Å². The minimum atomic E-state index is -0.266. The van der Waals surface area contributed by atoms with Crippen molar-refractivity contribution in [3.05, 3.63) is 64.0 Å². The maximum atomic E-state index is 13.7. The summed E-state index contributed by atoms with van der Waals surface area (Å²) in [6, 6.07) is 8.59. The third kappa shape index (κ3) is 2.57.